The molecule has 1 amide bonds. The molecular formula is C22H31NO4. The van der Waals surface area contributed by atoms with Crippen LogP contribution in [0.15, 0.2) is 18.2 Å². The number of carbonyl (C=O) groups excluding carboxylic acids is 1. The number of rotatable bonds is 6. The summed E-state index contributed by atoms with van der Waals surface area (Å²) in [7, 11) is 3.41. The molecule has 148 valence electrons. The number of nitrogens with zero attached hydrogens (tertiary/aromatic N) is 1. The van der Waals surface area contributed by atoms with Crippen LogP contribution < -0.4 is 4.74 Å². The number of likely N-dealkylation sites (tertiary alicyclic amines) is 1. The molecule has 3 atom stereocenters. The lowest BCUT2D eigenvalue weighted by Crippen LogP contribution is -2.53. The molecule has 1 aliphatic heterocycles. The van der Waals surface area contributed by atoms with Crippen molar-refractivity contribution < 1.29 is 19.0 Å². The van der Waals surface area contributed by atoms with Gasteiger partial charge in [0.25, 0.3) is 5.91 Å². The highest BCUT2D eigenvalue weighted by atomic mass is 16.5. The number of benzene rings is 1. The Balaban J connectivity index is 1.55. The third-order valence-corrected chi connectivity index (χ3v) is 6.65. The molecular weight excluding hydrogens is 342 g/mol. The number of ether oxygens (including phenoxy) is 3. The molecule has 1 aromatic carbocycles. The Kier molecular flexibility index (Phi) is 5.17. The molecule has 3 fully saturated rings. The maximum atomic E-state index is 13.4. The van der Waals surface area contributed by atoms with Gasteiger partial charge in [-0.3, -0.25) is 4.79 Å². The minimum absolute atomic E-state index is 0.0438. The van der Waals surface area contributed by atoms with Crippen LogP contribution in [0.25, 0.3) is 0 Å². The van der Waals surface area contributed by atoms with E-state index in [1.165, 1.54) is 12.8 Å². The van der Waals surface area contributed by atoms with Gasteiger partial charge in [0, 0.05) is 20.3 Å². The Morgan fingerprint density at radius 2 is 2.04 bits per heavy atom. The van der Waals surface area contributed by atoms with Gasteiger partial charge in [-0.05, 0) is 63.5 Å². The Morgan fingerprint density at radius 1 is 1.22 bits per heavy atom. The predicted octanol–water partition coefficient (Wildman–Crippen LogP) is 3.58. The van der Waals surface area contributed by atoms with Crippen molar-refractivity contribution in [2.24, 2.45) is 5.92 Å². The first kappa shape index (κ1) is 18.8. The highest BCUT2D eigenvalue weighted by Crippen LogP contribution is 2.44. The van der Waals surface area contributed by atoms with Crippen molar-refractivity contribution in [2.45, 2.75) is 63.2 Å². The van der Waals surface area contributed by atoms with Gasteiger partial charge < -0.3 is 19.1 Å². The fourth-order valence-corrected chi connectivity index (χ4v) is 4.76. The Morgan fingerprint density at radius 3 is 2.74 bits per heavy atom. The zero-order valence-electron chi connectivity index (χ0n) is 16.7. The molecule has 3 aliphatic rings. The van der Waals surface area contributed by atoms with Crippen LogP contribution in [-0.4, -0.2) is 55.9 Å². The largest absolute Gasteiger partial charge is 0.496 e. The van der Waals surface area contributed by atoms with Gasteiger partial charge in [-0.1, -0.05) is 11.6 Å². The van der Waals surface area contributed by atoms with E-state index in [0.29, 0.717) is 11.3 Å². The summed E-state index contributed by atoms with van der Waals surface area (Å²) in [6.07, 6.45) is 6.56. The van der Waals surface area contributed by atoms with Gasteiger partial charge in [0.15, 0.2) is 0 Å². The van der Waals surface area contributed by atoms with Crippen molar-refractivity contribution in [3.05, 3.63) is 29.3 Å². The summed E-state index contributed by atoms with van der Waals surface area (Å²) in [5.41, 5.74) is 1.47. The fraction of sp³-hybridized carbons (Fsp3) is 0.682. The van der Waals surface area contributed by atoms with Crippen LogP contribution in [0, 0.1) is 12.8 Å². The quantitative estimate of drug-likeness (QED) is 0.765. The number of hydrogen-bond donors (Lipinski definition) is 0. The van der Waals surface area contributed by atoms with Crippen molar-refractivity contribution >= 4 is 5.91 Å². The van der Waals surface area contributed by atoms with E-state index in [1.54, 1.807) is 14.2 Å². The van der Waals surface area contributed by atoms with E-state index in [0.717, 1.165) is 50.3 Å². The summed E-state index contributed by atoms with van der Waals surface area (Å²) in [5, 5.41) is 0. The smallest absolute Gasteiger partial charge is 0.257 e. The summed E-state index contributed by atoms with van der Waals surface area (Å²) < 4.78 is 17.6. The van der Waals surface area contributed by atoms with Gasteiger partial charge in [0.1, 0.15) is 5.75 Å². The van der Waals surface area contributed by atoms with Crippen LogP contribution in [-0.2, 0) is 9.47 Å². The number of fused-ring (bicyclic) bond motifs is 1. The predicted molar refractivity (Wildman–Crippen MR) is 103 cm³/mol. The SMILES string of the molecule is COc1ccc(C)cc1C(=O)N1CC[C@]2(OC)CC[C@H](OCC3CC3)C[C@H]12. The average molecular weight is 373 g/mol. The van der Waals surface area contributed by atoms with E-state index in [2.05, 4.69) is 0 Å². The van der Waals surface area contributed by atoms with Crippen molar-refractivity contribution in [1.82, 2.24) is 4.90 Å². The van der Waals surface area contributed by atoms with E-state index in [1.807, 2.05) is 30.0 Å². The Bertz CT molecular complexity index is 702. The monoisotopic (exact) mass is 373 g/mol. The van der Waals surface area contributed by atoms with Crippen LogP contribution >= 0.6 is 0 Å². The molecule has 0 radical (unpaired) electrons. The van der Waals surface area contributed by atoms with Crippen LogP contribution in [0.2, 0.25) is 0 Å². The summed E-state index contributed by atoms with van der Waals surface area (Å²) in [5.74, 6) is 1.44. The molecule has 0 aromatic heterocycles. The Hall–Kier alpha value is -1.59. The first-order valence-corrected chi connectivity index (χ1v) is 10.2. The van der Waals surface area contributed by atoms with E-state index < -0.39 is 0 Å². The number of methoxy groups -OCH3 is 2. The third-order valence-electron chi connectivity index (χ3n) is 6.65. The normalized spacial score (nSPS) is 30.3. The van der Waals surface area contributed by atoms with Crippen molar-refractivity contribution in [3.63, 3.8) is 0 Å². The minimum Gasteiger partial charge on any atom is -0.496 e. The Labute approximate surface area is 162 Å². The van der Waals surface area contributed by atoms with Crippen molar-refractivity contribution in [3.8, 4) is 5.75 Å². The highest BCUT2D eigenvalue weighted by molar-refractivity contribution is 5.97. The fourth-order valence-electron chi connectivity index (χ4n) is 4.76. The molecule has 0 unspecified atom stereocenters. The van der Waals surface area contributed by atoms with E-state index >= 15 is 0 Å². The molecule has 0 bridgehead atoms. The molecule has 2 aliphatic carbocycles. The summed E-state index contributed by atoms with van der Waals surface area (Å²) in [6.45, 7) is 3.60. The van der Waals surface area contributed by atoms with Gasteiger partial charge in [0.2, 0.25) is 0 Å². The molecule has 4 rings (SSSR count). The topological polar surface area (TPSA) is 48.0 Å². The maximum absolute atomic E-state index is 13.4. The minimum atomic E-state index is -0.230. The van der Waals surface area contributed by atoms with Crippen LogP contribution in [0.5, 0.6) is 5.75 Å². The molecule has 27 heavy (non-hydrogen) atoms. The van der Waals surface area contributed by atoms with Gasteiger partial charge in [0.05, 0.1) is 30.4 Å². The van der Waals surface area contributed by atoms with E-state index in [-0.39, 0.29) is 23.7 Å². The van der Waals surface area contributed by atoms with E-state index in [4.69, 9.17) is 14.2 Å². The number of amides is 1. The van der Waals surface area contributed by atoms with E-state index in [9.17, 15) is 4.79 Å². The number of hydrogen-bond acceptors (Lipinski definition) is 4. The van der Waals surface area contributed by atoms with Crippen molar-refractivity contribution in [2.75, 3.05) is 27.4 Å². The van der Waals surface area contributed by atoms with Crippen LogP contribution in [0.3, 0.4) is 0 Å². The number of carbonyl (C=O) groups is 1. The average Bonchev–Trinajstić information content (AvgIpc) is 3.44. The van der Waals surface area contributed by atoms with Crippen LogP contribution in [0.4, 0.5) is 0 Å². The zero-order valence-corrected chi connectivity index (χ0v) is 16.7. The molecule has 0 spiro atoms. The number of aryl methyl sites for hydroxylation is 1. The molecule has 1 heterocycles. The molecule has 1 saturated heterocycles. The van der Waals surface area contributed by atoms with Crippen molar-refractivity contribution in [1.29, 1.82) is 0 Å². The maximum Gasteiger partial charge on any atom is 0.257 e. The first-order valence-electron chi connectivity index (χ1n) is 10.2. The van der Waals surface area contributed by atoms with Gasteiger partial charge in [-0.25, -0.2) is 0 Å². The molecule has 0 N–H and O–H groups in total. The zero-order chi connectivity index (χ0) is 19.0. The molecule has 2 saturated carbocycles. The third kappa shape index (κ3) is 3.59. The highest BCUT2D eigenvalue weighted by Gasteiger charge is 2.53. The second-order valence-electron chi connectivity index (χ2n) is 8.41. The summed E-state index contributed by atoms with van der Waals surface area (Å²) >= 11 is 0. The van der Waals surface area contributed by atoms with Gasteiger partial charge >= 0.3 is 0 Å². The lowest BCUT2D eigenvalue weighted by Gasteiger charge is -2.43. The molecule has 5 heteroatoms. The summed E-state index contributed by atoms with van der Waals surface area (Å²) in [4.78, 5) is 15.4. The van der Waals surface area contributed by atoms with Gasteiger partial charge in [-0.2, -0.15) is 0 Å². The first-order chi connectivity index (χ1) is 13.1. The lowest BCUT2D eigenvalue weighted by atomic mass is 9.79. The molecule has 5 nitrogen and oxygen atoms in total. The molecule has 1 aromatic rings. The van der Waals surface area contributed by atoms with Gasteiger partial charge in [-0.15, -0.1) is 0 Å². The second kappa shape index (κ2) is 7.44. The second-order valence-corrected chi connectivity index (χ2v) is 8.41. The lowest BCUT2D eigenvalue weighted by molar-refractivity contribution is -0.0977. The summed E-state index contributed by atoms with van der Waals surface area (Å²) in [6, 6.07) is 5.85. The van der Waals surface area contributed by atoms with Crippen LogP contribution in [0.1, 0.15) is 54.4 Å². The standard InChI is InChI=1S/C22H31NO4/c1-15-4-7-19(25-2)18(12-15)21(24)23-11-10-22(26-3)9-8-17(13-20(22)23)27-14-16-5-6-16/h4,7,12,16-17,20H,5-6,8-11,13-14H2,1-3H3/t17-,20-,22+/m0/s1.